The first-order valence-corrected chi connectivity index (χ1v) is 6.32. The first-order valence-electron chi connectivity index (χ1n) is 6.32. The van der Waals surface area contributed by atoms with Crippen molar-refractivity contribution in [1.82, 2.24) is 5.32 Å². The van der Waals surface area contributed by atoms with E-state index < -0.39 is 0 Å². The zero-order valence-electron chi connectivity index (χ0n) is 10.6. The molecule has 2 rings (SSSR count). The van der Waals surface area contributed by atoms with Gasteiger partial charge in [0.1, 0.15) is 5.60 Å². The molecule has 0 aromatic heterocycles. The van der Waals surface area contributed by atoms with Crippen molar-refractivity contribution in [2.75, 3.05) is 13.1 Å². The molecule has 3 heteroatoms. The topological polar surface area (TPSA) is 21.3 Å². The van der Waals surface area contributed by atoms with Crippen molar-refractivity contribution >= 4 is 0 Å². The Morgan fingerprint density at radius 1 is 1.41 bits per heavy atom. The molecule has 0 radical (unpaired) electrons. The first-order chi connectivity index (χ1) is 8.17. The molecule has 1 aromatic carbocycles. The zero-order chi connectivity index (χ0) is 12.3. The van der Waals surface area contributed by atoms with E-state index in [1.165, 1.54) is 0 Å². The van der Waals surface area contributed by atoms with Gasteiger partial charge in [-0.3, -0.25) is 0 Å². The van der Waals surface area contributed by atoms with Crippen LogP contribution in [0.2, 0.25) is 0 Å². The SMILES string of the molecule is CCCNCC1(Oc2cccc(C)c2F)CC1. The lowest BCUT2D eigenvalue weighted by Gasteiger charge is -2.19. The van der Waals surface area contributed by atoms with E-state index in [4.69, 9.17) is 4.74 Å². The quantitative estimate of drug-likeness (QED) is 0.768. The molecule has 0 saturated heterocycles. The highest BCUT2D eigenvalue weighted by Gasteiger charge is 2.45. The molecular formula is C14H20FNO. The average Bonchev–Trinajstić information content (AvgIpc) is 3.06. The Morgan fingerprint density at radius 3 is 2.82 bits per heavy atom. The molecule has 0 heterocycles. The number of aryl methyl sites for hydroxylation is 1. The number of benzene rings is 1. The van der Waals surface area contributed by atoms with Gasteiger partial charge in [-0.2, -0.15) is 0 Å². The maximum atomic E-state index is 13.8. The number of nitrogens with one attached hydrogen (secondary N) is 1. The third-order valence-electron chi connectivity index (χ3n) is 3.16. The van der Waals surface area contributed by atoms with Crippen LogP contribution in [0.3, 0.4) is 0 Å². The van der Waals surface area contributed by atoms with Crippen molar-refractivity contribution < 1.29 is 9.13 Å². The second-order valence-electron chi connectivity index (χ2n) is 4.85. The molecule has 0 atom stereocenters. The van der Waals surface area contributed by atoms with Crippen molar-refractivity contribution in [3.63, 3.8) is 0 Å². The minimum atomic E-state index is -0.228. The van der Waals surface area contributed by atoms with Crippen LogP contribution in [0.1, 0.15) is 31.7 Å². The van der Waals surface area contributed by atoms with Gasteiger partial charge in [-0.1, -0.05) is 19.1 Å². The third kappa shape index (κ3) is 2.97. The van der Waals surface area contributed by atoms with Gasteiger partial charge >= 0.3 is 0 Å². The smallest absolute Gasteiger partial charge is 0.167 e. The molecule has 94 valence electrons. The number of hydrogen-bond acceptors (Lipinski definition) is 2. The number of rotatable bonds is 6. The van der Waals surface area contributed by atoms with E-state index in [2.05, 4.69) is 12.2 Å². The van der Waals surface area contributed by atoms with Crippen LogP contribution in [0, 0.1) is 12.7 Å². The Labute approximate surface area is 102 Å². The standard InChI is InChI=1S/C14H20FNO/c1-3-9-16-10-14(7-8-14)17-12-6-4-5-11(2)13(12)15/h4-6,16H,3,7-10H2,1-2H3. The van der Waals surface area contributed by atoms with Crippen LogP contribution < -0.4 is 10.1 Å². The third-order valence-corrected chi connectivity index (χ3v) is 3.16. The average molecular weight is 237 g/mol. The molecule has 0 unspecified atom stereocenters. The summed E-state index contributed by atoms with van der Waals surface area (Å²) >= 11 is 0. The van der Waals surface area contributed by atoms with E-state index in [-0.39, 0.29) is 11.4 Å². The predicted octanol–water partition coefficient (Wildman–Crippen LogP) is 3.05. The van der Waals surface area contributed by atoms with Crippen molar-refractivity contribution in [3.8, 4) is 5.75 Å². The summed E-state index contributed by atoms with van der Waals surface area (Å²) in [6.45, 7) is 5.69. The maximum Gasteiger partial charge on any atom is 0.167 e. The van der Waals surface area contributed by atoms with Gasteiger partial charge < -0.3 is 10.1 Å². The van der Waals surface area contributed by atoms with Gasteiger partial charge in [-0.05, 0) is 44.4 Å². The Hall–Kier alpha value is -1.09. The van der Waals surface area contributed by atoms with Gasteiger partial charge in [0, 0.05) is 6.54 Å². The summed E-state index contributed by atoms with van der Waals surface area (Å²) in [5, 5.41) is 3.34. The van der Waals surface area contributed by atoms with E-state index in [0.29, 0.717) is 11.3 Å². The van der Waals surface area contributed by atoms with Gasteiger partial charge in [0.05, 0.1) is 0 Å². The molecule has 0 aliphatic heterocycles. The fourth-order valence-electron chi connectivity index (χ4n) is 1.88. The van der Waals surface area contributed by atoms with Crippen LogP contribution in [0.5, 0.6) is 5.75 Å². The van der Waals surface area contributed by atoms with Crippen molar-refractivity contribution in [2.45, 2.75) is 38.7 Å². The summed E-state index contributed by atoms with van der Waals surface area (Å²) in [4.78, 5) is 0. The summed E-state index contributed by atoms with van der Waals surface area (Å²) in [6.07, 6.45) is 3.13. The molecule has 0 spiro atoms. The fourth-order valence-corrected chi connectivity index (χ4v) is 1.88. The zero-order valence-corrected chi connectivity index (χ0v) is 10.6. The molecule has 1 aliphatic rings. The van der Waals surface area contributed by atoms with E-state index in [1.807, 2.05) is 6.07 Å². The Balaban J connectivity index is 1.98. The molecule has 2 nitrogen and oxygen atoms in total. The number of hydrogen-bond donors (Lipinski definition) is 1. The van der Waals surface area contributed by atoms with Crippen LogP contribution in [-0.2, 0) is 0 Å². The second-order valence-corrected chi connectivity index (χ2v) is 4.85. The first kappa shape index (κ1) is 12.4. The van der Waals surface area contributed by atoms with E-state index in [0.717, 1.165) is 32.4 Å². The number of halogens is 1. The summed E-state index contributed by atoms with van der Waals surface area (Å²) < 4.78 is 19.6. The molecule has 0 amide bonds. The van der Waals surface area contributed by atoms with Crippen LogP contribution in [0.4, 0.5) is 4.39 Å². The highest BCUT2D eigenvalue weighted by molar-refractivity contribution is 5.31. The van der Waals surface area contributed by atoms with Gasteiger partial charge in [0.15, 0.2) is 11.6 Å². The molecule has 1 saturated carbocycles. The van der Waals surface area contributed by atoms with E-state index >= 15 is 0 Å². The molecule has 1 aromatic rings. The van der Waals surface area contributed by atoms with Crippen molar-refractivity contribution in [2.24, 2.45) is 0 Å². The molecular weight excluding hydrogens is 217 g/mol. The largest absolute Gasteiger partial charge is 0.483 e. The highest BCUT2D eigenvalue weighted by Crippen LogP contribution is 2.40. The molecule has 1 fully saturated rings. The summed E-state index contributed by atoms with van der Waals surface area (Å²) in [7, 11) is 0. The Bertz CT molecular complexity index is 388. The lowest BCUT2D eigenvalue weighted by atomic mass is 10.2. The molecule has 1 aliphatic carbocycles. The van der Waals surface area contributed by atoms with Crippen LogP contribution >= 0.6 is 0 Å². The minimum absolute atomic E-state index is 0.163. The van der Waals surface area contributed by atoms with Crippen LogP contribution in [0.25, 0.3) is 0 Å². The van der Waals surface area contributed by atoms with E-state index in [1.54, 1.807) is 19.1 Å². The normalized spacial score (nSPS) is 16.9. The van der Waals surface area contributed by atoms with E-state index in [9.17, 15) is 4.39 Å². The van der Waals surface area contributed by atoms with Gasteiger partial charge in [0.2, 0.25) is 0 Å². The summed E-state index contributed by atoms with van der Waals surface area (Å²) in [6, 6.07) is 5.31. The van der Waals surface area contributed by atoms with Gasteiger partial charge in [-0.25, -0.2) is 4.39 Å². The highest BCUT2D eigenvalue weighted by atomic mass is 19.1. The predicted molar refractivity (Wildman–Crippen MR) is 66.9 cm³/mol. The van der Waals surface area contributed by atoms with Gasteiger partial charge in [-0.15, -0.1) is 0 Å². The summed E-state index contributed by atoms with van der Waals surface area (Å²) in [5.41, 5.74) is 0.476. The lowest BCUT2D eigenvalue weighted by Crippen LogP contribution is -2.34. The molecule has 0 bridgehead atoms. The maximum absolute atomic E-state index is 13.8. The van der Waals surface area contributed by atoms with Gasteiger partial charge in [0.25, 0.3) is 0 Å². The summed E-state index contributed by atoms with van der Waals surface area (Å²) in [5.74, 6) is 0.162. The molecule has 17 heavy (non-hydrogen) atoms. The van der Waals surface area contributed by atoms with Crippen LogP contribution in [0.15, 0.2) is 18.2 Å². The van der Waals surface area contributed by atoms with Crippen LogP contribution in [-0.4, -0.2) is 18.7 Å². The second kappa shape index (κ2) is 5.05. The monoisotopic (exact) mass is 237 g/mol. The van der Waals surface area contributed by atoms with Crippen molar-refractivity contribution in [3.05, 3.63) is 29.6 Å². The minimum Gasteiger partial charge on any atom is -0.483 e. The lowest BCUT2D eigenvalue weighted by molar-refractivity contribution is 0.167. The van der Waals surface area contributed by atoms with Crippen molar-refractivity contribution in [1.29, 1.82) is 0 Å². The Morgan fingerprint density at radius 2 is 2.18 bits per heavy atom. The number of ether oxygens (including phenoxy) is 1. The fraction of sp³-hybridized carbons (Fsp3) is 0.571. The Kier molecular flexibility index (Phi) is 3.67. The molecule has 1 N–H and O–H groups in total.